The lowest BCUT2D eigenvalue weighted by Crippen LogP contribution is -1.81. The van der Waals surface area contributed by atoms with Gasteiger partial charge in [-0.1, -0.05) is 101 Å². The highest BCUT2D eigenvalue weighted by Crippen LogP contribution is 2.43. The van der Waals surface area contributed by atoms with Crippen molar-refractivity contribution >= 4 is 48.6 Å². The van der Waals surface area contributed by atoms with E-state index in [1.54, 1.807) is 0 Å². The number of halogens is 1. The molecule has 0 saturated heterocycles. The Morgan fingerprint density at radius 3 is 2.07 bits per heavy atom. The van der Waals surface area contributed by atoms with E-state index >= 15 is 0 Å². The SMILES string of the molecule is Brc1ccc(-c2cccc3c2oc2c(-c4ccccc4)cc4ccccc4c23)cc1. The van der Waals surface area contributed by atoms with Crippen LogP contribution in [0.2, 0.25) is 0 Å². The van der Waals surface area contributed by atoms with E-state index in [2.05, 4.69) is 113 Å². The topological polar surface area (TPSA) is 13.1 Å². The zero-order chi connectivity index (χ0) is 20.1. The first-order valence-corrected chi connectivity index (χ1v) is 10.8. The smallest absolute Gasteiger partial charge is 0.143 e. The first kappa shape index (κ1) is 17.5. The van der Waals surface area contributed by atoms with E-state index in [-0.39, 0.29) is 0 Å². The van der Waals surface area contributed by atoms with Crippen LogP contribution in [0.1, 0.15) is 0 Å². The van der Waals surface area contributed by atoms with E-state index in [0.29, 0.717) is 0 Å². The van der Waals surface area contributed by atoms with Crippen molar-refractivity contribution in [3.05, 3.63) is 108 Å². The van der Waals surface area contributed by atoms with Gasteiger partial charge in [-0.15, -0.1) is 0 Å². The Bertz CT molecular complexity index is 1530. The number of hydrogen-bond donors (Lipinski definition) is 0. The third-order valence-corrected chi connectivity index (χ3v) is 6.26. The van der Waals surface area contributed by atoms with Gasteiger partial charge in [0.05, 0.1) is 0 Å². The molecular formula is C28H17BrO. The molecule has 1 nitrogen and oxygen atoms in total. The van der Waals surface area contributed by atoms with Gasteiger partial charge in [0, 0.05) is 26.4 Å². The fraction of sp³-hybridized carbons (Fsp3) is 0. The summed E-state index contributed by atoms with van der Waals surface area (Å²) in [6, 6.07) is 36.1. The molecule has 2 heteroatoms. The van der Waals surface area contributed by atoms with Crippen molar-refractivity contribution in [1.82, 2.24) is 0 Å². The summed E-state index contributed by atoms with van der Waals surface area (Å²) in [5.74, 6) is 0. The Balaban J connectivity index is 1.78. The maximum atomic E-state index is 6.65. The maximum Gasteiger partial charge on any atom is 0.143 e. The first-order valence-electron chi connectivity index (χ1n) is 9.98. The summed E-state index contributed by atoms with van der Waals surface area (Å²) >= 11 is 3.53. The van der Waals surface area contributed by atoms with E-state index in [4.69, 9.17) is 4.42 Å². The zero-order valence-electron chi connectivity index (χ0n) is 16.1. The molecule has 0 unspecified atom stereocenters. The second-order valence-corrected chi connectivity index (χ2v) is 8.42. The Hall–Kier alpha value is -3.36. The molecule has 0 amide bonds. The van der Waals surface area contributed by atoms with Gasteiger partial charge in [-0.25, -0.2) is 0 Å². The second-order valence-electron chi connectivity index (χ2n) is 7.51. The molecule has 30 heavy (non-hydrogen) atoms. The van der Waals surface area contributed by atoms with Gasteiger partial charge in [0.1, 0.15) is 11.2 Å². The van der Waals surface area contributed by atoms with Crippen LogP contribution in [-0.4, -0.2) is 0 Å². The number of rotatable bonds is 2. The first-order chi connectivity index (χ1) is 14.8. The van der Waals surface area contributed by atoms with Crippen LogP contribution in [0, 0.1) is 0 Å². The number of para-hydroxylation sites is 1. The average molecular weight is 449 g/mol. The van der Waals surface area contributed by atoms with Gasteiger partial charge < -0.3 is 4.42 Å². The van der Waals surface area contributed by atoms with Gasteiger partial charge in [0.15, 0.2) is 0 Å². The van der Waals surface area contributed by atoms with Crippen molar-refractivity contribution in [2.45, 2.75) is 0 Å². The van der Waals surface area contributed by atoms with Gasteiger partial charge in [-0.2, -0.15) is 0 Å². The van der Waals surface area contributed by atoms with Crippen LogP contribution in [0.25, 0.3) is 55.0 Å². The van der Waals surface area contributed by atoms with Crippen molar-refractivity contribution in [2.24, 2.45) is 0 Å². The van der Waals surface area contributed by atoms with Crippen molar-refractivity contribution in [1.29, 1.82) is 0 Å². The average Bonchev–Trinajstić information content (AvgIpc) is 3.20. The predicted molar refractivity (Wildman–Crippen MR) is 130 cm³/mol. The monoisotopic (exact) mass is 448 g/mol. The molecule has 0 fully saturated rings. The summed E-state index contributed by atoms with van der Waals surface area (Å²) in [4.78, 5) is 0. The van der Waals surface area contributed by atoms with Gasteiger partial charge >= 0.3 is 0 Å². The summed E-state index contributed by atoms with van der Waals surface area (Å²) in [5.41, 5.74) is 6.43. The molecule has 0 bridgehead atoms. The summed E-state index contributed by atoms with van der Waals surface area (Å²) in [5, 5.41) is 4.78. The maximum absolute atomic E-state index is 6.65. The van der Waals surface area contributed by atoms with Gasteiger partial charge in [0.25, 0.3) is 0 Å². The second kappa shape index (κ2) is 6.86. The molecular weight excluding hydrogens is 432 g/mol. The number of benzene rings is 5. The summed E-state index contributed by atoms with van der Waals surface area (Å²) < 4.78 is 7.72. The molecule has 1 heterocycles. The molecule has 0 N–H and O–H groups in total. The Morgan fingerprint density at radius 2 is 1.23 bits per heavy atom. The highest BCUT2D eigenvalue weighted by molar-refractivity contribution is 9.10. The van der Waals surface area contributed by atoms with Gasteiger partial charge in [-0.3, -0.25) is 0 Å². The zero-order valence-corrected chi connectivity index (χ0v) is 17.7. The van der Waals surface area contributed by atoms with Crippen LogP contribution in [-0.2, 0) is 0 Å². The van der Waals surface area contributed by atoms with Crippen LogP contribution in [0.5, 0.6) is 0 Å². The lowest BCUT2D eigenvalue weighted by Gasteiger charge is -2.06. The minimum absolute atomic E-state index is 0.934. The number of fused-ring (bicyclic) bond motifs is 5. The molecule has 0 spiro atoms. The van der Waals surface area contributed by atoms with Crippen molar-refractivity contribution < 1.29 is 4.42 Å². The van der Waals surface area contributed by atoms with Gasteiger partial charge in [0.2, 0.25) is 0 Å². The van der Waals surface area contributed by atoms with E-state index in [1.807, 2.05) is 6.07 Å². The number of furan rings is 1. The number of hydrogen-bond acceptors (Lipinski definition) is 1. The predicted octanol–water partition coefficient (Wildman–Crippen LogP) is 8.84. The molecule has 6 rings (SSSR count). The third-order valence-electron chi connectivity index (χ3n) is 5.73. The normalized spacial score (nSPS) is 11.5. The summed E-state index contributed by atoms with van der Waals surface area (Å²) in [6.07, 6.45) is 0. The molecule has 6 aromatic rings. The summed E-state index contributed by atoms with van der Waals surface area (Å²) in [7, 11) is 0. The third kappa shape index (κ3) is 2.68. The molecule has 0 saturated carbocycles. The standard InChI is InChI=1S/C28H17BrO/c29-21-15-13-19(14-16-21)23-11-6-12-24-26-22-10-5-4-9-20(22)17-25(28(26)30-27(23)24)18-7-2-1-3-8-18/h1-17H. The minimum atomic E-state index is 0.934. The van der Waals surface area contributed by atoms with Gasteiger partial charge in [-0.05, 0) is 40.1 Å². The van der Waals surface area contributed by atoms with Crippen LogP contribution in [0.15, 0.2) is 112 Å². The lowest BCUT2D eigenvalue weighted by atomic mass is 9.95. The van der Waals surface area contributed by atoms with Crippen LogP contribution in [0.4, 0.5) is 0 Å². The molecule has 0 atom stereocenters. The van der Waals surface area contributed by atoms with Crippen molar-refractivity contribution in [3.63, 3.8) is 0 Å². The molecule has 142 valence electrons. The molecule has 0 aliphatic heterocycles. The highest BCUT2D eigenvalue weighted by atomic mass is 79.9. The van der Waals surface area contributed by atoms with E-state index in [9.17, 15) is 0 Å². The Morgan fingerprint density at radius 1 is 0.533 bits per heavy atom. The molecule has 0 radical (unpaired) electrons. The molecule has 1 aromatic heterocycles. The van der Waals surface area contributed by atoms with Crippen molar-refractivity contribution in [3.8, 4) is 22.3 Å². The van der Waals surface area contributed by atoms with Crippen LogP contribution < -0.4 is 0 Å². The van der Waals surface area contributed by atoms with Crippen molar-refractivity contribution in [2.75, 3.05) is 0 Å². The van der Waals surface area contributed by atoms with Crippen LogP contribution >= 0.6 is 15.9 Å². The fourth-order valence-corrected chi connectivity index (χ4v) is 4.60. The Labute approximate surface area is 182 Å². The quantitative estimate of drug-likeness (QED) is 0.257. The fourth-order valence-electron chi connectivity index (χ4n) is 4.34. The Kier molecular flexibility index (Phi) is 4.00. The van der Waals surface area contributed by atoms with Crippen LogP contribution in [0.3, 0.4) is 0 Å². The molecule has 0 aliphatic carbocycles. The minimum Gasteiger partial charge on any atom is -0.455 e. The molecule has 0 aliphatic rings. The molecule has 5 aromatic carbocycles. The highest BCUT2D eigenvalue weighted by Gasteiger charge is 2.18. The van der Waals surface area contributed by atoms with E-state index in [1.165, 1.54) is 16.2 Å². The van der Waals surface area contributed by atoms with E-state index in [0.717, 1.165) is 43.3 Å². The van der Waals surface area contributed by atoms with E-state index < -0.39 is 0 Å². The summed E-state index contributed by atoms with van der Waals surface area (Å²) in [6.45, 7) is 0. The lowest BCUT2D eigenvalue weighted by molar-refractivity contribution is 0.671. The largest absolute Gasteiger partial charge is 0.455 e.